The SMILES string of the molecule is C[n+]1ccn(C(F)C(F)(F)C(F)(F)F)c1.[Br-]. The number of rotatable bonds is 2. The molecule has 1 aromatic heterocycles. The summed E-state index contributed by atoms with van der Waals surface area (Å²) in [4.78, 5) is 0. The van der Waals surface area contributed by atoms with Crippen molar-refractivity contribution in [2.45, 2.75) is 18.4 Å². The van der Waals surface area contributed by atoms with E-state index in [2.05, 4.69) is 0 Å². The lowest BCUT2D eigenvalue weighted by Gasteiger charge is -2.20. The summed E-state index contributed by atoms with van der Waals surface area (Å²) in [6, 6.07) is 0. The molecular formula is C7H7BrF6N2. The van der Waals surface area contributed by atoms with Gasteiger partial charge in [-0.1, -0.05) is 0 Å². The van der Waals surface area contributed by atoms with Crippen molar-refractivity contribution in [3.05, 3.63) is 18.7 Å². The number of hydrogen-bond donors (Lipinski definition) is 0. The lowest BCUT2D eigenvalue weighted by Crippen LogP contribution is -3.00. The molecule has 0 N–H and O–H groups in total. The molecular weight excluding hydrogens is 306 g/mol. The fourth-order valence-corrected chi connectivity index (χ4v) is 0.926. The summed E-state index contributed by atoms with van der Waals surface area (Å²) in [5.74, 6) is -5.40. The molecule has 0 aliphatic heterocycles. The van der Waals surface area contributed by atoms with Gasteiger partial charge >= 0.3 is 18.4 Å². The van der Waals surface area contributed by atoms with Crippen LogP contribution in [0.1, 0.15) is 6.30 Å². The first kappa shape index (κ1) is 15.3. The van der Waals surface area contributed by atoms with Crippen molar-refractivity contribution in [3.63, 3.8) is 0 Å². The van der Waals surface area contributed by atoms with Crippen molar-refractivity contribution >= 4 is 0 Å². The second-order valence-corrected chi connectivity index (χ2v) is 2.98. The number of aromatic nitrogens is 2. The van der Waals surface area contributed by atoms with E-state index in [1.807, 2.05) is 0 Å². The quantitative estimate of drug-likeness (QED) is 0.488. The minimum Gasteiger partial charge on any atom is -1.00 e. The predicted octanol–water partition coefficient (Wildman–Crippen LogP) is -1.02. The third kappa shape index (κ3) is 2.69. The lowest BCUT2D eigenvalue weighted by atomic mass is 10.3. The zero-order valence-electron chi connectivity index (χ0n) is 7.85. The summed E-state index contributed by atoms with van der Waals surface area (Å²) >= 11 is 0. The Morgan fingerprint density at radius 3 is 2.00 bits per heavy atom. The zero-order chi connectivity index (χ0) is 11.9. The first-order valence-corrected chi connectivity index (χ1v) is 3.77. The van der Waals surface area contributed by atoms with E-state index in [0.717, 1.165) is 23.3 Å². The monoisotopic (exact) mass is 312 g/mol. The van der Waals surface area contributed by atoms with Gasteiger partial charge in [0.05, 0.1) is 7.05 Å². The summed E-state index contributed by atoms with van der Waals surface area (Å²) < 4.78 is 74.5. The van der Waals surface area contributed by atoms with E-state index >= 15 is 0 Å². The molecule has 0 aromatic carbocycles. The minimum absolute atomic E-state index is 0. The van der Waals surface area contributed by atoms with Crippen LogP contribution in [0.25, 0.3) is 0 Å². The van der Waals surface area contributed by atoms with Crippen LogP contribution in [0.2, 0.25) is 0 Å². The van der Waals surface area contributed by atoms with Gasteiger partial charge in [0.25, 0.3) is 0 Å². The van der Waals surface area contributed by atoms with Crippen LogP contribution in [0.5, 0.6) is 0 Å². The zero-order valence-corrected chi connectivity index (χ0v) is 9.44. The number of imidazole rings is 1. The van der Waals surface area contributed by atoms with Crippen molar-refractivity contribution in [3.8, 4) is 0 Å². The van der Waals surface area contributed by atoms with E-state index in [4.69, 9.17) is 0 Å². The Morgan fingerprint density at radius 2 is 1.69 bits per heavy atom. The minimum atomic E-state index is -5.91. The Labute approximate surface area is 97.2 Å². The standard InChI is InChI=1S/C7H7F6N2.BrH/c1-14-2-3-15(4-14)5(8)6(9,10)7(11,12)13;/h2-5H,1H3;1H/q+1;/p-1. The van der Waals surface area contributed by atoms with Gasteiger partial charge in [0, 0.05) is 0 Å². The maximum Gasteiger partial charge on any atom is 0.461 e. The summed E-state index contributed by atoms with van der Waals surface area (Å²) in [5, 5.41) is 0. The fourth-order valence-electron chi connectivity index (χ4n) is 0.926. The third-order valence-corrected chi connectivity index (χ3v) is 1.73. The summed E-state index contributed by atoms with van der Waals surface area (Å²) in [5.41, 5.74) is 0. The van der Waals surface area contributed by atoms with Gasteiger partial charge in [0.1, 0.15) is 12.4 Å². The van der Waals surface area contributed by atoms with Crippen LogP contribution in [0.3, 0.4) is 0 Å². The Hall–Kier alpha value is -0.730. The number of hydrogen-bond acceptors (Lipinski definition) is 0. The van der Waals surface area contributed by atoms with E-state index in [1.54, 1.807) is 0 Å². The molecule has 1 aromatic rings. The first-order chi connectivity index (χ1) is 6.66. The van der Waals surface area contributed by atoms with Crippen molar-refractivity contribution in [1.82, 2.24) is 4.57 Å². The lowest BCUT2D eigenvalue weighted by molar-refractivity contribution is -0.671. The molecule has 16 heavy (non-hydrogen) atoms. The number of aryl methyl sites for hydroxylation is 1. The Morgan fingerprint density at radius 1 is 1.19 bits per heavy atom. The van der Waals surface area contributed by atoms with E-state index in [0.29, 0.717) is 0 Å². The summed E-state index contributed by atoms with van der Waals surface area (Å²) in [6.45, 7) is 0. The molecule has 9 heteroatoms. The molecule has 0 fully saturated rings. The van der Waals surface area contributed by atoms with Gasteiger partial charge in [0.15, 0.2) is 0 Å². The fraction of sp³-hybridized carbons (Fsp3) is 0.571. The molecule has 94 valence electrons. The second-order valence-electron chi connectivity index (χ2n) is 2.98. The van der Waals surface area contributed by atoms with E-state index in [1.165, 1.54) is 7.05 Å². The van der Waals surface area contributed by atoms with Gasteiger partial charge in [-0.25, -0.2) is 4.57 Å². The maximum atomic E-state index is 12.9. The van der Waals surface area contributed by atoms with E-state index < -0.39 is 18.4 Å². The molecule has 1 heterocycles. The van der Waals surface area contributed by atoms with Crippen LogP contribution in [-0.4, -0.2) is 16.7 Å². The molecule has 1 rings (SSSR count). The molecule has 0 saturated heterocycles. The van der Waals surface area contributed by atoms with E-state index in [9.17, 15) is 26.3 Å². The first-order valence-electron chi connectivity index (χ1n) is 3.77. The molecule has 2 nitrogen and oxygen atoms in total. The van der Waals surface area contributed by atoms with Crippen LogP contribution in [0, 0.1) is 0 Å². The molecule has 0 amide bonds. The predicted molar refractivity (Wildman–Crippen MR) is 36.8 cm³/mol. The third-order valence-electron chi connectivity index (χ3n) is 1.73. The van der Waals surface area contributed by atoms with Gasteiger partial charge in [-0.05, 0) is 0 Å². The molecule has 0 aliphatic rings. The highest BCUT2D eigenvalue weighted by atomic mass is 79.9. The number of alkyl halides is 6. The van der Waals surface area contributed by atoms with Crippen LogP contribution in [-0.2, 0) is 7.05 Å². The molecule has 0 aliphatic carbocycles. The van der Waals surface area contributed by atoms with Crippen molar-refractivity contribution in [1.29, 1.82) is 0 Å². The van der Waals surface area contributed by atoms with Crippen molar-refractivity contribution in [2.75, 3.05) is 0 Å². The van der Waals surface area contributed by atoms with Crippen LogP contribution >= 0.6 is 0 Å². The molecule has 1 atom stereocenters. The highest BCUT2D eigenvalue weighted by molar-refractivity contribution is 4.84. The van der Waals surface area contributed by atoms with Gasteiger partial charge in [-0.15, -0.1) is 0 Å². The molecule has 1 unspecified atom stereocenters. The van der Waals surface area contributed by atoms with Crippen LogP contribution in [0.15, 0.2) is 18.7 Å². The van der Waals surface area contributed by atoms with Gasteiger partial charge in [0.2, 0.25) is 6.33 Å². The van der Waals surface area contributed by atoms with Crippen molar-refractivity contribution < 1.29 is 47.9 Å². The Balaban J connectivity index is 0.00000225. The van der Waals surface area contributed by atoms with Crippen LogP contribution < -0.4 is 21.5 Å². The highest BCUT2D eigenvalue weighted by Gasteiger charge is 2.66. The van der Waals surface area contributed by atoms with Gasteiger partial charge in [-0.2, -0.15) is 30.9 Å². The molecule has 0 spiro atoms. The van der Waals surface area contributed by atoms with Gasteiger partial charge < -0.3 is 17.0 Å². The highest BCUT2D eigenvalue weighted by Crippen LogP contribution is 2.43. The van der Waals surface area contributed by atoms with Crippen LogP contribution in [0.4, 0.5) is 26.3 Å². The summed E-state index contributed by atoms with van der Waals surface area (Å²) in [7, 11) is 1.37. The molecule has 0 radical (unpaired) electrons. The topological polar surface area (TPSA) is 8.81 Å². The molecule has 0 bridgehead atoms. The second kappa shape index (κ2) is 4.64. The Kier molecular flexibility index (Phi) is 4.43. The maximum absolute atomic E-state index is 12.9. The summed E-state index contributed by atoms with van der Waals surface area (Å²) in [6.07, 6.45) is -6.62. The smallest absolute Gasteiger partial charge is 0.461 e. The largest absolute Gasteiger partial charge is 1.00 e. The number of nitrogens with zero attached hydrogens (tertiary/aromatic N) is 2. The molecule has 0 saturated carbocycles. The number of halogens is 7. The average Bonchev–Trinajstić information content (AvgIpc) is 2.48. The normalized spacial score (nSPS) is 14.4. The van der Waals surface area contributed by atoms with Crippen molar-refractivity contribution in [2.24, 2.45) is 7.05 Å². The average molecular weight is 313 g/mol. The van der Waals surface area contributed by atoms with E-state index in [-0.39, 0.29) is 21.5 Å². The van der Waals surface area contributed by atoms with Gasteiger partial charge in [-0.3, -0.25) is 0 Å². The Bertz CT molecular complexity index is 347.